The quantitative estimate of drug-likeness (QED) is 0.0215. The molecule has 0 bridgehead atoms. The fraction of sp³-hybridized carbons (Fsp3) is 0.800. The van der Waals surface area contributed by atoms with Gasteiger partial charge in [0.25, 0.3) is 5.91 Å². The first-order chi connectivity index (χ1) is 47.9. The molecule has 0 aliphatic rings. The number of hydrogen-bond donors (Lipinski definition) is 4. The van der Waals surface area contributed by atoms with Crippen LogP contribution in [0.5, 0.6) is 0 Å². The summed E-state index contributed by atoms with van der Waals surface area (Å²) in [5.74, 6) is -1.09. The number of carbonyl (C=O) groups is 5. The normalized spacial score (nSPS) is 12.6. The van der Waals surface area contributed by atoms with E-state index in [4.69, 9.17) is 76.9 Å². The van der Waals surface area contributed by atoms with E-state index < -0.39 is 35.8 Å². The maximum Gasteiger partial charge on any atom is 0.312 e. The van der Waals surface area contributed by atoms with Crippen molar-refractivity contribution < 1.29 is 95.1 Å². The average molecular weight is 1460 g/mol. The number of carbonyl (C=O) groups excluding carboxylic acids is 5. The second-order valence-electron chi connectivity index (χ2n) is 26.9. The fourth-order valence-electron chi connectivity index (χ4n) is 8.36. The highest BCUT2D eigenvalue weighted by Crippen LogP contribution is 2.27. The number of amides is 4. The molecule has 0 unspecified atom stereocenters. The van der Waals surface area contributed by atoms with Gasteiger partial charge in [-0.15, -0.1) is 28.6 Å². The molecule has 100 heavy (non-hydrogen) atoms. The Morgan fingerprint density at radius 3 is 1.43 bits per heavy atom. The molecule has 2 aromatic rings. The highest BCUT2D eigenvalue weighted by Gasteiger charge is 2.29. The van der Waals surface area contributed by atoms with Crippen molar-refractivity contribution in [2.75, 3.05) is 202 Å². The van der Waals surface area contributed by atoms with Crippen molar-refractivity contribution in [2.24, 2.45) is 28.1 Å². The zero-order chi connectivity index (χ0) is 73.4. The SMILES string of the molecule is CC(C)C[C@H](NC(=O)CON=C(CSC(C)(C)C)CSC(C)(C)C)C(=O)C[C@@H](CCCNC(N)=O)C(=O)Nc1ccc(COC(=O)CCc2cn(CCOCCOCCOCCOCCOCCOCCOCCOCCOCCOCCOCCOCCOCCC(C)(C)C)nn2)cc1. The van der Waals surface area contributed by atoms with Crippen LogP contribution in [0.1, 0.15) is 126 Å². The van der Waals surface area contributed by atoms with Crippen LogP contribution in [0.4, 0.5) is 10.5 Å². The smallest absolute Gasteiger partial charge is 0.312 e. The van der Waals surface area contributed by atoms with E-state index in [1.807, 2.05) is 13.8 Å². The van der Waals surface area contributed by atoms with Crippen LogP contribution < -0.4 is 21.7 Å². The van der Waals surface area contributed by atoms with Gasteiger partial charge in [0.15, 0.2) is 12.4 Å². The Bertz CT molecular complexity index is 2430. The van der Waals surface area contributed by atoms with Crippen LogP contribution in [0, 0.1) is 17.3 Å². The van der Waals surface area contributed by atoms with Gasteiger partial charge in [-0.3, -0.25) is 19.2 Å². The predicted octanol–water partition coefficient (Wildman–Crippen LogP) is 7.54. The number of rotatable bonds is 65. The fourth-order valence-corrected chi connectivity index (χ4v) is 10.00. The molecule has 0 aliphatic carbocycles. The summed E-state index contributed by atoms with van der Waals surface area (Å²) in [6.45, 7) is 36.2. The topological polar surface area (TPSA) is 329 Å². The lowest BCUT2D eigenvalue weighted by atomic mass is 9.90. The van der Waals surface area contributed by atoms with E-state index in [1.165, 1.54) is 0 Å². The number of urea groups is 1. The van der Waals surface area contributed by atoms with Gasteiger partial charge in [0.05, 0.1) is 196 Å². The second kappa shape index (κ2) is 57.7. The number of nitrogens with two attached hydrogens (primary N) is 1. The number of hydrogen-bond acceptors (Lipinski definition) is 25. The van der Waals surface area contributed by atoms with Crippen molar-refractivity contribution in [3.63, 3.8) is 0 Å². The number of ether oxygens (including phenoxy) is 14. The number of ketones is 1. The summed E-state index contributed by atoms with van der Waals surface area (Å²) in [5.41, 5.74) is 8.17. The van der Waals surface area contributed by atoms with E-state index in [9.17, 15) is 24.0 Å². The monoisotopic (exact) mass is 1460 g/mol. The molecule has 0 saturated carbocycles. The van der Waals surface area contributed by atoms with E-state index >= 15 is 0 Å². The van der Waals surface area contributed by atoms with Crippen LogP contribution in [0.2, 0.25) is 0 Å². The minimum absolute atomic E-state index is 0.0109. The van der Waals surface area contributed by atoms with Gasteiger partial charge < -0.3 is 92.8 Å². The van der Waals surface area contributed by atoms with Gasteiger partial charge in [0, 0.05) is 64.8 Å². The van der Waals surface area contributed by atoms with Gasteiger partial charge in [-0.1, -0.05) is 98.7 Å². The highest BCUT2D eigenvalue weighted by atomic mass is 32.2. The van der Waals surface area contributed by atoms with Crippen molar-refractivity contribution in [3.05, 3.63) is 41.7 Å². The number of thioether (sulfide) groups is 2. The number of nitrogens with one attached hydrogen (secondary N) is 3. The Hall–Kier alpha value is -4.64. The molecule has 28 nitrogen and oxygen atoms in total. The first-order valence-corrected chi connectivity index (χ1v) is 37.1. The maximum absolute atomic E-state index is 13.9. The standard InChI is InChI=1S/C70H124N8O20S2/c1-56(2)49-62(74-64(80)53-98-76-61(54-99-69(6,7)8)55-100-70(9,10)11)63(79)50-58(13-12-21-72-67(71)83)66(82)73-59-16-14-57(15-17-59)52-97-65(81)19-18-60-51-78(77-75-60)22-24-85-26-28-87-30-32-89-34-36-91-38-40-93-42-44-95-46-48-96-47-45-94-43-41-92-39-37-90-35-33-88-31-29-86-27-25-84-23-20-68(3,4)5/h14-17,51,56,58,62H,12-13,18-50,52-55H2,1-11H3,(H,73,82)(H,74,80)(H3,71,72,83)/t58-,62+/m1/s1. The third-order valence-electron chi connectivity index (χ3n) is 13.7. The predicted molar refractivity (Wildman–Crippen MR) is 387 cm³/mol. The molecule has 0 fully saturated rings. The van der Waals surface area contributed by atoms with E-state index in [1.54, 1.807) is 58.7 Å². The van der Waals surface area contributed by atoms with E-state index in [2.05, 4.69) is 93.7 Å². The van der Waals surface area contributed by atoms with Gasteiger partial charge in [-0.2, -0.15) is 0 Å². The Kier molecular flexibility index (Phi) is 52.8. The van der Waals surface area contributed by atoms with Crippen LogP contribution in [0.25, 0.3) is 0 Å². The minimum atomic E-state index is -0.871. The lowest BCUT2D eigenvalue weighted by Crippen LogP contribution is -2.44. The summed E-state index contributed by atoms with van der Waals surface area (Å²) in [4.78, 5) is 70.6. The van der Waals surface area contributed by atoms with Gasteiger partial charge in [-0.05, 0) is 54.7 Å². The molecule has 30 heteroatoms. The summed E-state index contributed by atoms with van der Waals surface area (Å²) >= 11 is 3.48. The molecule has 0 saturated heterocycles. The van der Waals surface area contributed by atoms with Gasteiger partial charge >= 0.3 is 12.0 Å². The van der Waals surface area contributed by atoms with Crippen LogP contribution >= 0.6 is 23.5 Å². The van der Waals surface area contributed by atoms with Crippen LogP contribution in [0.3, 0.4) is 0 Å². The average Bonchev–Trinajstić information content (AvgIpc) is 0.997. The Morgan fingerprint density at radius 2 is 1.02 bits per heavy atom. The van der Waals surface area contributed by atoms with Crippen LogP contribution in [0.15, 0.2) is 35.6 Å². The van der Waals surface area contributed by atoms with Crippen LogP contribution in [-0.2, 0) is 110 Å². The summed E-state index contributed by atoms with van der Waals surface area (Å²) < 4.78 is 79.4. The molecule has 0 aliphatic heterocycles. The second-order valence-corrected chi connectivity index (χ2v) is 30.5. The molecule has 1 aromatic carbocycles. The number of Topliss-reactive ketones (excluding diaryl/α,β-unsaturated/α-hetero) is 1. The van der Waals surface area contributed by atoms with E-state index in [0.29, 0.717) is 219 Å². The third kappa shape index (κ3) is 56.8. The molecule has 2 atom stereocenters. The summed E-state index contributed by atoms with van der Waals surface area (Å²) in [6, 6.07) is 5.25. The Morgan fingerprint density at radius 1 is 0.590 bits per heavy atom. The number of aryl methyl sites for hydroxylation is 1. The maximum atomic E-state index is 13.9. The largest absolute Gasteiger partial charge is 0.461 e. The number of benzene rings is 1. The van der Waals surface area contributed by atoms with Crippen molar-refractivity contribution in [2.45, 2.75) is 150 Å². The first-order valence-electron chi connectivity index (χ1n) is 35.1. The minimum Gasteiger partial charge on any atom is -0.461 e. The Labute approximate surface area is 604 Å². The molecule has 0 spiro atoms. The van der Waals surface area contributed by atoms with Crippen LogP contribution in [-0.4, -0.2) is 262 Å². The summed E-state index contributed by atoms with van der Waals surface area (Å²) in [7, 11) is 0. The Balaban J connectivity index is 1.48. The molecule has 4 amide bonds. The molecular weight excluding hydrogens is 1340 g/mol. The lowest BCUT2D eigenvalue weighted by molar-refractivity contribution is -0.145. The van der Waals surface area contributed by atoms with E-state index in [0.717, 1.165) is 18.7 Å². The highest BCUT2D eigenvalue weighted by molar-refractivity contribution is 8.02. The third-order valence-corrected chi connectivity index (χ3v) is 16.4. The summed E-state index contributed by atoms with van der Waals surface area (Å²) in [5, 5.41) is 20.9. The number of nitrogens with zero attached hydrogens (tertiary/aromatic N) is 4. The zero-order valence-corrected chi connectivity index (χ0v) is 63.7. The molecule has 5 N–H and O–H groups in total. The number of anilines is 1. The number of aromatic nitrogens is 3. The number of oxime groups is 1. The van der Waals surface area contributed by atoms with Crippen molar-refractivity contribution >= 4 is 64.5 Å². The zero-order valence-electron chi connectivity index (χ0n) is 62.0. The molecule has 0 radical (unpaired) electrons. The summed E-state index contributed by atoms with van der Waals surface area (Å²) in [6.07, 6.45) is 4.04. The molecule has 576 valence electrons. The first kappa shape index (κ1) is 91.4. The van der Waals surface area contributed by atoms with E-state index in [-0.39, 0.29) is 65.6 Å². The van der Waals surface area contributed by atoms with Crippen molar-refractivity contribution in [3.8, 4) is 0 Å². The molecule has 1 heterocycles. The van der Waals surface area contributed by atoms with Gasteiger partial charge in [-0.25, -0.2) is 9.48 Å². The van der Waals surface area contributed by atoms with Crippen molar-refractivity contribution in [1.82, 2.24) is 25.6 Å². The number of esters is 1. The molecule has 1 aromatic heterocycles. The van der Waals surface area contributed by atoms with Crippen molar-refractivity contribution in [1.29, 1.82) is 0 Å². The molecule has 2 rings (SSSR count). The lowest BCUT2D eigenvalue weighted by Gasteiger charge is -2.23. The number of primary amides is 1. The van der Waals surface area contributed by atoms with Gasteiger partial charge in [0.1, 0.15) is 6.61 Å². The molecular formula is C70H124N8O20S2. The van der Waals surface area contributed by atoms with Gasteiger partial charge in [0.2, 0.25) is 5.91 Å².